The lowest BCUT2D eigenvalue weighted by Gasteiger charge is -2.52. The molecule has 3 nitrogen and oxygen atoms in total. The molecule has 4 aliphatic carbocycles. The lowest BCUT2D eigenvalue weighted by Crippen LogP contribution is -2.47. The van der Waals surface area contributed by atoms with Gasteiger partial charge in [0.2, 0.25) is 0 Å². The van der Waals surface area contributed by atoms with Crippen molar-refractivity contribution >= 4 is 17.6 Å². The zero-order chi connectivity index (χ0) is 20.2. The minimum atomic E-state index is -0.107. The molecule has 1 aromatic carbocycles. The molecule has 1 aromatic rings. The van der Waals surface area contributed by atoms with Crippen LogP contribution in [0.3, 0.4) is 0 Å². The molecule has 0 spiro atoms. The van der Waals surface area contributed by atoms with Crippen molar-refractivity contribution in [1.29, 1.82) is 5.26 Å². The minimum absolute atomic E-state index is 0.107. The van der Waals surface area contributed by atoms with E-state index in [-0.39, 0.29) is 11.2 Å². The number of fused-ring (bicyclic) bond motifs is 5. The standard InChI is InChI=1S/C26H27NO2/c1-26-11-10-22-21(23(26)8-9-24(26)29)7-6-18-13-20(28)14-19(25(18)22)12-16-2-4-17(15-27)5-3-16/h2-5,12-13,21-23,25H,6-11,14H2,1H3. The van der Waals surface area contributed by atoms with Crippen LogP contribution in [0.5, 0.6) is 0 Å². The van der Waals surface area contributed by atoms with Crippen molar-refractivity contribution in [2.24, 2.45) is 29.1 Å². The summed E-state index contributed by atoms with van der Waals surface area (Å²) in [4.78, 5) is 25.0. The molecule has 0 radical (unpaired) electrons. The van der Waals surface area contributed by atoms with Gasteiger partial charge in [0.1, 0.15) is 5.78 Å². The average molecular weight is 386 g/mol. The molecule has 0 aromatic heterocycles. The Bertz CT molecular complexity index is 977. The summed E-state index contributed by atoms with van der Waals surface area (Å²) in [6, 6.07) is 9.79. The number of benzene rings is 1. The minimum Gasteiger partial charge on any atom is -0.299 e. The Morgan fingerprint density at radius 3 is 2.62 bits per heavy atom. The Kier molecular flexibility index (Phi) is 4.35. The van der Waals surface area contributed by atoms with E-state index < -0.39 is 0 Å². The second kappa shape index (κ2) is 6.80. The topological polar surface area (TPSA) is 57.9 Å². The SMILES string of the molecule is CC12CCC3C4C(=CC(=O)CC4=Cc4ccc(C#N)cc4)CCC3C1CCC2=O. The van der Waals surface area contributed by atoms with Crippen LogP contribution >= 0.6 is 0 Å². The summed E-state index contributed by atoms with van der Waals surface area (Å²) in [6.45, 7) is 2.21. The van der Waals surface area contributed by atoms with E-state index in [1.54, 1.807) is 0 Å². The molecular weight excluding hydrogens is 358 g/mol. The predicted molar refractivity (Wildman–Crippen MR) is 112 cm³/mol. The fourth-order valence-electron chi connectivity index (χ4n) is 6.93. The number of Topliss-reactive ketones (excluding diaryl/α,β-unsaturated/α-hetero) is 1. The largest absolute Gasteiger partial charge is 0.299 e. The predicted octanol–water partition coefficient (Wildman–Crippen LogP) is 5.26. The van der Waals surface area contributed by atoms with E-state index in [1.807, 2.05) is 30.3 Å². The van der Waals surface area contributed by atoms with Crippen LogP contribution in [0.15, 0.2) is 41.5 Å². The Balaban J connectivity index is 1.51. The van der Waals surface area contributed by atoms with Crippen molar-refractivity contribution in [2.45, 2.75) is 51.9 Å². The fourth-order valence-corrected chi connectivity index (χ4v) is 6.93. The molecule has 0 N–H and O–H groups in total. The van der Waals surface area contributed by atoms with Gasteiger partial charge in [0.15, 0.2) is 5.78 Å². The number of carbonyl (C=O) groups excluding carboxylic acids is 2. The summed E-state index contributed by atoms with van der Waals surface area (Å²) in [5.74, 6) is 2.71. The van der Waals surface area contributed by atoms with E-state index in [0.29, 0.717) is 41.4 Å². The van der Waals surface area contributed by atoms with Crippen molar-refractivity contribution in [1.82, 2.24) is 0 Å². The smallest absolute Gasteiger partial charge is 0.159 e. The van der Waals surface area contributed by atoms with Gasteiger partial charge in [0.25, 0.3) is 0 Å². The van der Waals surface area contributed by atoms with E-state index in [4.69, 9.17) is 5.26 Å². The Morgan fingerprint density at radius 2 is 1.86 bits per heavy atom. The lowest BCUT2D eigenvalue weighted by atomic mass is 9.51. The normalized spacial score (nSPS) is 37.4. The first-order chi connectivity index (χ1) is 14.0. The van der Waals surface area contributed by atoms with Gasteiger partial charge in [-0.2, -0.15) is 5.26 Å². The van der Waals surface area contributed by atoms with Crippen molar-refractivity contribution < 1.29 is 9.59 Å². The van der Waals surface area contributed by atoms with Gasteiger partial charge in [0, 0.05) is 24.2 Å². The summed E-state index contributed by atoms with van der Waals surface area (Å²) >= 11 is 0. The van der Waals surface area contributed by atoms with Crippen molar-refractivity contribution in [2.75, 3.05) is 0 Å². The molecule has 0 saturated heterocycles. The highest BCUT2D eigenvalue weighted by molar-refractivity contribution is 5.95. The second-order valence-corrected chi connectivity index (χ2v) is 9.68. The first kappa shape index (κ1) is 18.6. The molecule has 3 heteroatoms. The lowest BCUT2D eigenvalue weighted by molar-refractivity contribution is -0.130. The van der Waals surface area contributed by atoms with Gasteiger partial charge >= 0.3 is 0 Å². The quantitative estimate of drug-likeness (QED) is 0.662. The Hall–Kier alpha value is -2.47. The van der Waals surface area contributed by atoms with E-state index in [0.717, 1.165) is 44.1 Å². The van der Waals surface area contributed by atoms with Gasteiger partial charge in [-0.1, -0.05) is 36.3 Å². The summed E-state index contributed by atoms with van der Waals surface area (Å²) in [5.41, 5.74) is 4.16. The van der Waals surface area contributed by atoms with Gasteiger partial charge in [-0.05, 0) is 73.6 Å². The summed E-state index contributed by atoms with van der Waals surface area (Å²) in [5, 5.41) is 9.04. The monoisotopic (exact) mass is 385 g/mol. The maximum Gasteiger partial charge on any atom is 0.159 e. The van der Waals surface area contributed by atoms with Gasteiger partial charge in [-0.3, -0.25) is 9.59 Å². The fraction of sp³-hybridized carbons (Fsp3) is 0.500. The molecule has 3 fully saturated rings. The number of ketones is 2. The first-order valence-corrected chi connectivity index (χ1v) is 11.0. The van der Waals surface area contributed by atoms with Crippen LogP contribution in [0.2, 0.25) is 0 Å². The molecule has 148 valence electrons. The van der Waals surface area contributed by atoms with E-state index in [1.165, 1.54) is 11.1 Å². The van der Waals surface area contributed by atoms with E-state index in [2.05, 4.69) is 19.1 Å². The van der Waals surface area contributed by atoms with Crippen LogP contribution < -0.4 is 0 Å². The maximum absolute atomic E-state index is 12.6. The van der Waals surface area contributed by atoms with Crippen molar-refractivity contribution in [3.63, 3.8) is 0 Å². The zero-order valence-corrected chi connectivity index (χ0v) is 17.0. The molecule has 0 amide bonds. The van der Waals surface area contributed by atoms with Crippen molar-refractivity contribution in [3.05, 3.63) is 52.6 Å². The van der Waals surface area contributed by atoms with Crippen molar-refractivity contribution in [3.8, 4) is 6.07 Å². The van der Waals surface area contributed by atoms with Crippen LogP contribution in [-0.2, 0) is 9.59 Å². The number of nitrogens with zero attached hydrogens (tertiary/aromatic N) is 1. The molecule has 5 atom stereocenters. The molecule has 4 aliphatic rings. The highest BCUT2D eigenvalue weighted by atomic mass is 16.1. The van der Waals surface area contributed by atoms with Gasteiger partial charge in [-0.25, -0.2) is 0 Å². The van der Waals surface area contributed by atoms with Crippen LogP contribution in [0.1, 0.15) is 63.0 Å². The average Bonchev–Trinajstić information content (AvgIpc) is 3.03. The number of hydrogen-bond acceptors (Lipinski definition) is 3. The van der Waals surface area contributed by atoms with E-state index >= 15 is 0 Å². The zero-order valence-electron chi connectivity index (χ0n) is 17.0. The van der Waals surface area contributed by atoms with Crippen LogP contribution in [0.25, 0.3) is 6.08 Å². The van der Waals surface area contributed by atoms with Crippen LogP contribution in [0.4, 0.5) is 0 Å². The summed E-state index contributed by atoms with van der Waals surface area (Å²) in [6.07, 6.45) is 10.6. The van der Waals surface area contributed by atoms with Gasteiger partial charge in [-0.15, -0.1) is 0 Å². The van der Waals surface area contributed by atoms with Crippen LogP contribution in [0, 0.1) is 40.4 Å². The highest BCUT2D eigenvalue weighted by Crippen LogP contribution is 2.61. The Labute approximate surface area is 172 Å². The molecule has 5 unspecified atom stereocenters. The van der Waals surface area contributed by atoms with Gasteiger partial charge in [0.05, 0.1) is 11.6 Å². The third kappa shape index (κ3) is 2.92. The number of hydrogen-bond donors (Lipinski definition) is 0. The molecule has 0 aliphatic heterocycles. The number of nitriles is 1. The summed E-state index contributed by atoms with van der Waals surface area (Å²) < 4.78 is 0. The van der Waals surface area contributed by atoms with Crippen LogP contribution in [-0.4, -0.2) is 11.6 Å². The number of allylic oxidation sites excluding steroid dienone is 2. The van der Waals surface area contributed by atoms with Gasteiger partial charge < -0.3 is 0 Å². The first-order valence-electron chi connectivity index (χ1n) is 11.0. The number of rotatable bonds is 1. The molecule has 5 rings (SSSR count). The van der Waals surface area contributed by atoms with E-state index in [9.17, 15) is 9.59 Å². The highest BCUT2D eigenvalue weighted by Gasteiger charge is 2.56. The maximum atomic E-state index is 12.6. The molecule has 0 heterocycles. The molecule has 29 heavy (non-hydrogen) atoms. The third-order valence-corrected chi connectivity index (χ3v) is 8.31. The number of carbonyl (C=O) groups is 2. The summed E-state index contributed by atoms with van der Waals surface area (Å²) in [7, 11) is 0. The Morgan fingerprint density at radius 1 is 1.07 bits per heavy atom. The molecule has 0 bridgehead atoms. The second-order valence-electron chi connectivity index (χ2n) is 9.68. The molecular formula is C26H27NO2. The molecule has 3 saturated carbocycles. The third-order valence-electron chi connectivity index (χ3n) is 8.31.